The highest BCUT2D eigenvalue weighted by Crippen LogP contribution is 2.19. The van der Waals surface area contributed by atoms with Crippen LogP contribution < -0.4 is 5.11 Å². The number of aliphatic carboxylic acids is 1. The molecule has 0 aromatic carbocycles. The summed E-state index contributed by atoms with van der Waals surface area (Å²) in [4.78, 5) is 37.4. The molecule has 0 aromatic rings. The molecule has 0 bridgehead atoms. The first kappa shape index (κ1) is 75.8. The number of nitrogens with zero attached hydrogens (tertiary/aromatic N) is 1. The molecule has 0 radical (unpaired) electrons. The first-order valence-corrected chi connectivity index (χ1v) is 34.0. The molecular weight excluding hydrogens is 971 g/mol. The lowest BCUT2D eigenvalue weighted by Gasteiger charge is -2.26. The molecule has 460 valence electrons. The number of likely N-dealkylation sites (N-methyl/N-ethyl adjacent to an activating group) is 1. The van der Waals surface area contributed by atoms with Crippen LogP contribution in [0, 0.1) is 0 Å². The predicted molar refractivity (Wildman–Crippen MR) is 330 cm³/mol. The maximum Gasteiger partial charge on any atom is 0.306 e. The van der Waals surface area contributed by atoms with Gasteiger partial charge in [0.2, 0.25) is 0 Å². The van der Waals surface area contributed by atoms with Crippen LogP contribution in [0.1, 0.15) is 341 Å². The van der Waals surface area contributed by atoms with Gasteiger partial charge in [-0.2, -0.15) is 0 Å². The third kappa shape index (κ3) is 61.4. The van der Waals surface area contributed by atoms with Crippen molar-refractivity contribution in [2.45, 2.75) is 354 Å². The SMILES string of the molecule is CCCCCC/C=C\C/C=C\CCCCCCCCCC(=O)OC(COC(=O)CCCCCCCCCCCCCCCCCCCCCCCCCCCCCCCCCCCCC)COC(OCC[N+](C)(C)C)C(=O)[O-]. The minimum absolute atomic E-state index is 0.148. The van der Waals surface area contributed by atoms with E-state index in [1.807, 2.05) is 21.1 Å². The standard InChI is InChI=1S/C69H131NO8/c1-6-8-10-12-14-16-18-20-22-24-26-27-28-29-30-31-32-33-34-35-36-37-38-39-40-41-42-44-45-47-49-51-53-55-57-59-66(71)76-63-65(64-77-69(68(73)74)75-62-61-70(3,4)5)78-67(72)60-58-56-54-52-50-48-46-43-25-23-21-19-17-15-13-11-9-7-2/h17,19,23,25,65,69H,6-16,18,20-22,24,26-64H2,1-5H3/b19-17-,25-23-. The van der Waals surface area contributed by atoms with Crippen molar-refractivity contribution in [3.63, 3.8) is 0 Å². The van der Waals surface area contributed by atoms with E-state index in [1.54, 1.807) is 0 Å². The van der Waals surface area contributed by atoms with E-state index in [9.17, 15) is 19.5 Å². The predicted octanol–water partition coefficient (Wildman–Crippen LogP) is 19.3. The van der Waals surface area contributed by atoms with E-state index in [-0.39, 0.29) is 32.2 Å². The third-order valence-corrected chi connectivity index (χ3v) is 15.5. The van der Waals surface area contributed by atoms with Gasteiger partial charge in [0, 0.05) is 12.8 Å². The Labute approximate surface area is 484 Å². The Morgan fingerprint density at radius 1 is 0.385 bits per heavy atom. The molecule has 0 aliphatic carbocycles. The number of esters is 2. The molecule has 0 N–H and O–H groups in total. The second kappa shape index (κ2) is 60.9. The van der Waals surface area contributed by atoms with E-state index in [0.717, 1.165) is 51.4 Å². The summed E-state index contributed by atoms with van der Waals surface area (Å²) in [6.07, 6.45) is 71.3. The molecule has 0 saturated heterocycles. The average molecular weight is 1100 g/mol. The molecule has 0 heterocycles. The van der Waals surface area contributed by atoms with Crippen molar-refractivity contribution in [2.24, 2.45) is 0 Å². The molecule has 0 spiro atoms. The number of rotatable bonds is 64. The lowest BCUT2D eigenvalue weighted by molar-refractivity contribution is -0.870. The fourth-order valence-electron chi connectivity index (χ4n) is 10.2. The molecule has 0 aromatic heterocycles. The number of quaternary nitrogens is 1. The largest absolute Gasteiger partial charge is 0.545 e. The van der Waals surface area contributed by atoms with Crippen LogP contribution in [0.25, 0.3) is 0 Å². The van der Waals surface area contributed by atoms with E-state index in [0.29, 0.717) is 23.9 Å². The highest BCUT2D eigenvalue weighted by Gasteiger charge is 2.22. The summed E-state index contributed by atoms with van der Waals surface area (Å²) in [5.41, 5.74) is 0. The molecule has 9 nitrogen and oxygen atoms in total. The van der Waals surface area contributed by atoms with Gasteiger partial charge in [-0.3, -0.25) is 9.59 Å². The van der Waals surface area contributed by atoms with E-state index in [2.05, 4.69) is 38.2 Å². The van der Waals surface area contributed by atoms with Gasteiger partial charge in [0.15, 0.2) is 12.4 Å². The molecule has 9 heteroatoms. The van der Waals surface area contributed by atoms with Crippen LogP contribution in [0.5, 0.6) is 0 Å². The zero-order chi connectivity index (χ0) is 56.9. The molecule has 0 fully saturated rings. The smallest absolute Gasteiger partial charge is 0.306 e. The molecular formula is C69H131NO8. The quantitative estimate of drug-likeness (QED) is 0.0195. The fourth-order valence-corrected chi connectivity index (χ4v) is 10.2. The van der Waals surface area contributed by atoms with Crippen LogP contribution in [0.2, 0.25) is 0 Å². The summed E-state index contributed by atoms with van der Waals surface area (Å²) in [6, 6.07) is 0. The van der Waals surface area contributed by atoms with Gasteiger partial charge in [-0.15, -0.1) is 0 Å². The van der Waals surface area contributed by atoms with E-state index in [1.165, 1.54) is 257 Å². The van der Waals surface area contributed by atoms with Gasteiger partial charge in [0.1, 0.15) is 13.2 Å². The van der Waals surface area contributed by atoms with Crippen molar-refractivity contribution < 1.29 is 42.9 Å². The van der Waals surface area contributed by atoms with Crippen LogP contribution in [0.15, 0.2) is 24.3 Å². The first-order chi connectivity index (χ1) is 38.1. The van der Waals surface area contributed by atoms with Crippen molar-refractivity contribution in [1.29, 1.82) is 0 Å². The topological polar surface area (TPSA) is 111 Å². The summed E-state index contributed by atoms with van der Waals surface area (Å²) < 4.78 is 22.8. The Kier molecular flexibility index (Phi) is 59.1. The second-order valence-electron chi connectivity index (χ2n) is 24.5. The molecule has 2 unspecified atom stereocenters. The minimum atomic E-state index is -1.62. The minimum Gasteiger partial charge on any atom is -0.545 e. The molecule has 0 aliphatic rings. The second-order valence-corrected chi connectivity index (χ2v) is 24.5. The Balaban J connectivity index is 3.99. The molecule has 0 amide bonds. The summed E-state index contributed by atoms with van der Waals surface area (Å²) in [5, 5.41) is 11.8. The Morgan fingerprint density at radius 3 is 1.03 bits per heavy atom. The number of carboxylic acids is 1. The molecule has 0 aliphatic heterocycles. The number of carbonyl (C=O) groups excluding carboxylic acids is 3. The zero-order valence-corrected chi connectivity index (χ0v) is 52.6. The number of hydrogen-bond acceptors (Lipinski definition) is 8. The van der Waals surface area contributed by atoms with Gasteiger partial charge in [0.25, 0.3) is 0 Å². The first-order valence-electron chi connectivity index (χ1n) is 34.0. The average Bonchev–Trinajstić information content (AvgIpc) is 3.41. The summed E-state index contributed by atoms with van der Waals surface area (Å²) in [5.74, 6) is -2.27. The Morgan fingerprint density at radius 2 is 0.692 bits per heavy atom. The van der Waals surface area contributed by atoms with Crippen molar-refractivity contribution in [1.82, 2.24) is 0 Å². The molecule has 0 rings (SSSR count). The van der Waals surface area contributed by atoms with Gasteiger partial charge in [-0.25, -0.2) is 0 Å². The summed E-state index contributed by atoms with van der Waals surface area (Å²) in [6.45, 7) is 4.78. The summed E-state index contributed by atoms with van der Waals surface area (Å²) >= 11 is 0. The lowest BCUT2D eigenvalue weighted by Crippen LogP contribution is -2.44. The molecule has 2 atom stereocenters. The Bertz CT molecular complexity index is 1330. The third-order valence-electron chi connectivity index (χ3n) is 15.5. The van der Waals surface area contributed by atoms with Gasteiger partial charge in [0.05, 0.1) is 40.3 Å². The van der Waals surface area contributed by atoms with Gasteiger partial charge >= 0.3 is 11.9 Å². The lowest BCUT2D eigenvalue weighted by atomic mass is 10.0. The van der Waals surface area contributed by atoms with Gasteiger partial charge < -0.3 is 33.3 Å². The van der Waals surface area contributed by atoms with Crippen molar-refractivity contribution in [3.05, 3.63) is 24.3 Å². The number of hydrogen-bond donors (Lipinski definition) is 0. The number of allylic oxidation sites excluding steroid dienone is 4. The van der Waals surface area contributed by atoms with Gasteiger partial charge in [-0.1, -0.05) is 308 Å². The van der Waals surface area contributed by atoms with Crippen LogP contribution >= 0.6 is 0 Å². The molecule has 78 heavy (non-hydrogen) atoms. The Hall–Kier alpha value is -2.23. The van der Waals surface area contributed by atoms with Crippen LogP contribution in [0.3, 0.4) is 0 Å². The van der Waals surface area contributed by atoms with Gasteiger partial charge in [-0.05, 0) is 44.9 Å². The maximum absolute atomic E-state index is 12.9. The highest BCUT2D eigenvalue weighted by molar-refractivity contribution is 5.70. The van der Waals surface area contributed by atoms with E-state index in [4.69, 9.17) is 18.9 Å². The number of ether oxygens (including phenoxy) is 4. The molecule has 0 saturated carbocycles. The fraction of sp³-hybridized carbons (Fsp3) is 0.899. The van der Waals surface area contributed by atoms with Crippen LogP contribution in [-0.2, 0) is 33.3 Å². The van der Waals surface area contributed by atoms with E-state index < -0.39 is 24.3 Å². The monoisotopic (exact) mass is 1100 g/mol. The summed E-state index contributed by atoms with van der Waals surface area (Å²) in [7, 11) is 5.93. The van der Waals surface area contributed by atoms with E-state index >= 15 is 0 Å². The maximum atomic E-state index is 12.9. The van der Waals surface area contributed by atoms with Crippen LogP contribution in [0.4, 0.5) is 0 Å². The number of carbonyl (C=O) groups is 3. The van der Waals surface area contributed by atoms with Crippen molar-refractivity contribution in [3.8, 4) is 0 Å². The number of unbranched alkanes of at least 4 members (excludes halogenated alkanes) is 45. The normalized spacial score (nSPS) is 12.8. The highest BCUT2D eigenvalue weighted by atomic mass is 16.7. The zero-order valence-electron chi connectivity index (χ0n) is 52.6. The number of carboxylic acid groups (broad SMARTS) is 1. The van der Waals surface area contributed by atoms with Crippen molar-refractivity contribution in [2.75, 3.05) is 47.5 Å². The van der Waals surface area contributed by atoms with Crippen molar-refractivity contribution >= 4 is 17.9 Å². The van der Waals surface area contributed by atoms with Crippen LogP contribution in [-0.4, -0.2) is 82.3 Å².